The van der Waals surface area contributed by atoms with E-state index in [1.807, 2.05) is 48.7 Å². The van der Waals surface area contributed by atoms with Crippen LogP contribution < -0.4 is 4.72 Å². The quantitative estimate of drug-likeness (QED) is 0.257. The summed E-state index contributed by atoms with van der Waals surface area (Å²) in [6.45, 7) is 1.16. The number of fused-ring (bicyclic) bond motifs is 1. The van der Waals surface area contributed by atoms with Gasteiger partial charge in [0.1, 0.15) is 5.60 Å². The summed E-state index contributed by atoms with van der Waals surface area (Å²) in [5.74, 6) is 0. The predicted molar refractivity (Wildman–Crippen MR) is 147 cm³/mol. The average Bonchev–Trinajstić information content (AvgIpc) is 3.67. The van der Waals surface area contributed by atoms with Gasteiger partial charge in [-0.1, -0.05) is 36.4 Å². The third-order valence-electron chi connectivity index (χ3n) is 6.51. The van der Waals surface area contributed by atoms with E-state index in [4.69, 9.17) is 0 Å². The number of aliphatic hydroxyl groups excluding tert-OH is 1. The Hall–Kier alpha value is -2.27. The molecule has 3 N–H and O–H groups in total. The van der Waals surface area contributed by atoms with Gasteiger partial charge in [-0.05, 0) is 66.8 Å². The summed E-state index contributed by atoms with van der Waals surface area (Å²) in [7, 11) is -3.45. The summed E-state index contributed by atoms with van der Waals surface area (Å²) in [4.78, 5) is 6.47. The molecule has 2 heterocycles. The number of nitrogens with one attached hydrogen (secondary N) is 1. The number of hydrogen-bond acceptors (Lipinski definition) is 7. The normalized spacial score (nSPS) is 16.7. The number of aliphatic hydroxyl groups is 2. The number of thiophene rings is 1. The molecule has 2 atom stereocenters. The molecule has 36 heavy (non-hydrogen) atoms. The van der Waals surface area contributed by atoms with Crippen molar-refractivity contribution in [2.24, 2.45) is 0 Å². The molecule has 1 saturated carbocycles. The molecule has 1 aliphatic rings. The van der Waals surface area contributed by atoms with Crippen LogP contribution in [0.3, 0.4) is 0 Å². The van der Waals surface area contributed by atoms with Gasteiger partial charge in [0.25, 0.3) is 0 Å². The summed E-state index contributed by atoms with van der Waals surface area (Å²) in [6.07, 6.45) is 5.02. The first-order chi connectivity index (χ1) is 17.2. The Morgan fingerprint density at radius 2 is 1.94 bits per heavy atom. The standard InChI is InChI=1S/C27H28N2O4S3/c1-27(31,16-30)18-12-13-28-22(15-18)20-8-5-6-17-14-24(35-26(17)20)25(29-36(32,33)19-10-11-19)21-7-3-4-9-23(21)34-2/h3-9,12-15,19,25,29-31H,10-11,16H2,1-2H3. The number of pyridine rings is 1. The maximum Gasteiger partial charge on any atom is 0.215 e. The molecule has 6 nitrogen and oxygen atoms in total. The van der Waals surface area contributed by atoms with Crippen molar-refractivity contribution in [3.63, 3.8) is 0 Å². The number of benzene rings is 2. The molecular weight excluding hydrogens is 513 g/mol. The summed E-state index contributed by atoms with van der Waals surface area (Å²) >= 11 is 3.14. The highest BCUT2D eigenvalue weighted by Crippen LogP contribution is 2.41. The largest absolute Gasteiger partial charge is 0.393 e. The minimum Gasteiger partial charge on any atom is -0.393 e. The Morgan fingerprint density at radius 3 is 2.67 bits per heavy atom. The molecule has 5 rings (SSSR count). The van der Waals surface area contributed by atoms with Crippen LogP contribution in [0.2, 0.25) is 0 Å². The van der Waals surface area contributed by atoms with Gasteiger partial charge >= 0.3 is 0 Å². The minimum absolute atomic E-state index is 0.322. The lowest BCUT2D eigenvalue weighted by atomic mass is 9.96. The van der Waals surface area contributed by atoms with Gasteiger partial charge in [0.2, 0.25) is 10.0 Å². The van der Waals surface area contributed by atoms with Crippen molar-refractivity contribution < 1.29 is 18.6 Å². The molecular formula is C27H28N2O4S3. The second-order valence-electron chi connectivity index (χ2n) is 9.27. The minimum atomic E-state index is -3.45. The highest BCUT2D eigenvalue weighted by Gasteiger charge is 2.38. The summed E-state index contributed by atoms with van der Waals surface area (Å²) < 4.78 is 30.1. The van der Waals surface area contributed by atoms with Crippen molar-refractivity contribution in [1.29, 1.82) is 0 Å². The lowest BCUT2D eigenvalue weighted by molar-refractivity contribution is -0.00230. The number of hydrogen-bond donors (Lipinski definition) is 3. The van der Waals surface area contributed by atoms with Gasteiger partial charge in [0.15, 0.2) is 0 Å². The van der Waals surface area contributed by atoms with Gasteiger partial charge in [-0.3, -0.25) is 4.98 Å². The molecule has 0 aliphatic heterocycles. The predicted octanol–water partition coefficient (Wildman–Crippen LogP) is 5.06. The molecule has 9 heteroatoms. The van der Waals surface area contributed by atoms with Crippen molar-refractivity contribution in [2.45, 2.75) is 41.6 Å². The number of nitrogens with zero attached hydrogens (tertiary/aromatic N) is 1. The van der Waals surface area contributed by atoms with Crippen LogP contribution >= 0.6 is 23.1 Å². The van der Waals surface area contributed by atoms with Crippen LogP contribution in [0.4, 0.5) is 0 Å². The second-order valence-corrected chi connectivity index (χ2v) is 13.2. The maximum absolute atomic E-state index is 13.0. The van der Waals surface area contributed by atoms with Crippen LogP contribution in [-0.2, 0) is 15.6 Å². The molecule has 0 bridgehead atoms. The number of aromatic nitrogens is 1. The molecule has 1 aliphatic carbocycles. The highest BCUT2D eigenvalue weighted by molar-refractivity contribution is 7.98. The number of thioether (sulfide) groups is 1. The fourth-order valence-corrected chi connectivity index (χ4v) is 7.74. The molecule has 188 valence electrons. The summed E-state index contributed by atoms with van der Waals surface area (Å²) in [6, 6.07) is 18.9. The van der Waals surface area contributed by atoms with Crippen LogP contribution in [0.5, 0.6) is 0 Å². The highest BCUT2D eigenvalue weighted by atomic mass is 32.2. The van der Waals surface area contributed by atoms with Gasteiger partial charge in [0.05, 0.1) is 23.6 Å². The molecule has 2 aromatic carbocycles. The lowest BCUT2D eigenvalue weighted by Crippen LogP contribution is -2.32. The third-order valence-corrected chi connectivity index (χ3v) is 10.5. The van der Waals surface area contributed by atoms with Crippen molar-refractivity contribution in [3.05, 3.63) is 82.9 Å². The van der Waals surface area contributed by atoms with Crippen LogP contribution in [0.25, 0.3) is 21.3 Å². The van der Waals surface area contributed by atoms with Crippen LogP contribution in [0.15, 0.2) is 71.8 Å². The molecule has 4 aromatic rings. The Bertz CT molecular complexity index is 1510. The van der Waals surface area contributed by atoms with E-state index in [0.29, 0.717) is 24.1 Å². The molecule has 0 amide bonds. The monoisotopic (exact) mass is 540 g/mol. The SMILES string of the molecule is CSc1ccccc1C(NS(=O)(=O)C1CC1)c1cc2cccc(-c3cc(C(C)(O)CO)ccn3)c2s1. The summed E-state index contributed by atoms with van der Waals surface area (Å²) in [5.41, 5.74) is 1.70. The van der Waals surface area contributed by atoms with Crippen LogP contribution in [-0.4, -0.2) is 41.7 Å². The summed E-state index contributed by atoms with van der Waals surface area (Å²) in [5, 5.41) is 20.8. The second kappa shape index (κ2) is 9.89. The lowest BCUT2D eigenvalue weighted by Gasteiger charge is -2.21. The Morgan fingerprint density at radius 1 is 1.17 bits per heavy atom. The first-order valence-electron chi connectivity index (χ1n) is 11.7. The molecule has 2 unspecified atom stereocenters. The van der Waals surface area contributed by atoms with Gasteiger partial charge in [-0.2, -0.15) is 0 Å². The van der Waals surface area contributed by atoms with Crippen molar-refractivity contribution >= 4 is 43.2 Å². The average molecular weight is 541 g/mol. The van der Waals surface area contributed by atoms with Gasteiger partial charge in [-0.15, -0.1) is 23.1 Å². The van der Waals surface area contributed by atoms with E-state index in [1.165, 1.54) is 0 Å². The van der Waals surface area contributed by atoms with Crippen molar-refractivity contribution in [2.75, 3.05) is 12.9 Å². The van der Waals surface area contributed by atoms with E-state index in [-0.39, 0.29) is 5.25 Å². The van der Waals surface area contributed by atoms with E-state index in [2.05, 4.69) is 15.8 Å². The first-order valence-corrected chi connectivity index (χ1v) is 15.3. The van der Waals surface area contributed by atoms with E-state index in [9.17, 15) is 18.6 Å². The first kappa shape index (κ1) is 25.4. The molecule has 0 spiro atoms. The fraction of sp³-hybridized carbons (Fsp3) is 0.296. The van der Waals surface area contributed by atoms with Crippen LogP contribution in [0, 0.1) is 0 Å². The third kappa shape index (κ3) is 4.96. The van der Waals surface area contributed by atoms with E-state index >= 15 is 0 Å². The van der Waals surface area contributed by atoms with Crippen molar-refractivity contribution in [3.8, 4) is 11.3 Å². The van der Waals surface area contributed by atoms with Gasteiger partial charge in [-0.25, -0.2) is 13.1 Å². The zero-order chi connectivity index (χ0) is 25.5. The van der Waals surface area contributed by atoms with E-state index in [0.717, 1.165) is 31.0 Å². The molecule has 2 aromatic heterocycles. The fourth-order valence-electron chi connectivity index (χ4n) is 4.25. The zero-order valence-corrected chi connectivity index (χ0v) is 22.5. The number of rotatable bonds is 9. The van der Waals surface area contributed by atoms with Gasteiger partial charge < -0.3 is 10.2 Å². The van der Waals surface area contributed by atoms with Gasteiger partial charge in [0, 0.05) is 26.2 Å². The topological polar surface area (TPSA) is 99.5 Å². The number of sulfonamides is 1. The Balaban J connectivity index is 1.63. The zero-order valence-electron chi connectivity index (χ0n) is 20.0. The Labute approximate surface area is 219 Å². The van der Waals surface area contributed by atoms with Crippen molar-refractivity contribution in [1.82, 2.24) is 9.71 Å². The molecule has 1 fully saturated rings. The Kier molecular flexibility index (Phi) is 6.97. The molecule has 0 radical (unpaired) electrons. The van der Waals surface area contributed by atoms with Crippen LogP contribution in [0.1, 0.15) is 41.8 Å². The smallest absolute Gasteiger partial charge is 0.215 e. The van der Waals surface area contributed by atoms with E-state index < -0.39 is 28.3 Å². The maximum atomic E-state index is 13.0. The van der Waals surface area contributed by atoms with E-state index in [1.54, 1.807) is 48.4 Å². The molecule has 0 saturated heterocycles.